The van der Waals surface area contributed by atoms with Crippen molar-refractivity contribution in [2.24, 2.45) is 10.8 Å². The zero-order chi connectivity index (χ0) is 35.1. The minimum atomic E-state index is -0.467. The summed E-state index contributed by atoms with van der Waals surface area (Å²) in [6.07, 6.45) is 2.43. The van der Waals surface area contributed by atoms with Gasteiger partial charge in [0.25, 0.3) is 0 Å². The van der Waals surface area contributed by atoms with Crippen LogP contribution >= 0.6 is 15.9 Å². The fourth-order valence-corrected chi connectivity index (χ4v) is 8.04. The van der Waals surface area contributed by atoms with Gasteiger partial charge in [0.1, 0.15) is 13.2 Å². The highest BCUT2D eigenvalue weighted by Gasteiger charge is 2.48. The fourth-order valence-electron chi connectivity index (χ4n) is 7.47. The highest BCUT2D eigenvalue weighted by Crippen LogP contribution is 2.55. The number of ether oxygens (including phenoxy) is 4. The number of benzene rings is 3. The summed E-state index contributed by atoms with van der Waals surface area (Å²) in [4.78, 5) is 30.1. The van der Waals surface area contributed by atoms with Crippen LogP contribution in [0, 0.1) is 10.8 Å². The maximum atomic E-state index is 14.0. The average molecular weight is 729 g/mol. The molecule has 1 heterocycles. The zero-order valence-electron chi connectivity index (χ0n) is 29.6. The summed E-state index contributed by atoms with van der Waals surface area (Å²) in [6.45, 7) is 11.6. The summed E-state index contributed by atoms with van der Waals surface area (Å²) in [5.74, 6) is 2.11. The van der Waals surface area contributed by atoms with Gasteiger partial charge in [-0.25, -0.2) is 0 Å². The third-order valence-electron chi connectivity index (χ3n) is 9.69. The van der Waals surface area contributed by atoms with Crippen LogP contribution < -0.4 is 18.9 Å². The van der Waals surface area contributed by atoms with E-state index in [4.69, 9.17) is 18.9 Å². The molecule has 0 amide bonds. The molecule has 0 fully saturated rings. The molecule has 0 radical (unpaired) electrons. The van der Waals surface area contributed by atoms with E-state index in [1.54, 1.807) is 7.11 Å². The number of rotatable bonds is 10. The smallest absolute Gasteiger partial charge is 0.175 e. The number of carbonyl (C=O) groups is 2. The number of ketones is 2. The Hall–Kier alpha value is -4.04. The van der Waals surface area contributed by atoms with Crippen LogP contribution in [0.3, 0.4) is 0 Å². The van der Waals surface area contributed by atoms with Crippen LogP contribution in [-0.4, -0.2) is 37.2 Å². The number of hydrogen-bond acceptors (Lipinski definition) is 7. The molecule has 0 atom stereocenters. The summed E-state index contributed by atoms with van der Waals surface area (Å²) in [5, 5.41) is 0. The molecule has 258 valence electrons. The molecule has 6 rings (SSSR count). The van der Waals surface area contributed by atoms with Gasteiger partial charge in [0.15, 0.2) is 34.6 Å². The van der Waals surface area contributed by atoms with Crippen LogP contribution in [0.2, 0.25) is 0 Å². The van der Waals surface area contributed by atoms with E-state index in [2.05, 4.69) is 48.5 Å². The van der Waals surface area contributed by atoms with Crippen LogP contribution in [0.4, 0.5) is 0 Å². The van der Waals surface area contributed by atoms with Crippen molar-refractivity contribution < 1.29 is 28.5 Å². The normalized spacial score (nSPS) is 18.7. The van der Waals surface area contributed by atoms with E-state index in [1.807, 2.05) is 74.6 Å². The van der Waals surface area contributed by atoms with Crippen molar-refractivity contribution in [3.05, 3.63) is 104 Å². The molecule has 0 N–H and O–H groups in total. The van der Waals surface area contributed by atoms with E-state index in [0.717, 1.165) is 52.1 Å². The number of halogens is 1. The number of Topliss-reactive ketones (excluding diaryl/α,β-unsaturated/α-hetero) is 2. The quantitative estimate of drug-likeness (QED) is 0.206. The Morgan fingerprint density at radius 1 is 0.735 bits per heavy atom. The molecule has 49 heavy (non-hydrogen) atoms. The van der Waals surface area contributed by atoms with Gasteiger partial charge in [-0.3, -0.25) is 9.59 Å². The van der Waals surface area contributed by atoms with Gasteiger partial charge in [0.05, 0.1) is 18.2 Å². The van der Waals surface area contributed by atoms with Crippen LogP contribution in [-0.2, 0) is 22.8 Å². The molecule has 0 saturated heterocycles. The number of allylic oxidation sites excluding steroid dienone is 4. The highest BCUT2D eigenvalue weighted by atomic mass is 79.9. The molecule has 0 aromatic heterocycles. The molecule has 7 nitrogen and oxygen atoms in total. The first-order chi connectivity index (χ1) is 23.3. The van der Waals surface area contributed by atoms with Crippen molar-refractivity contribution in [1.29, 1.82) is 0 Å². The minimum Gasteiger partial charge on any atom is -0.493 e. The standard InChI is InChI=1S/C41H46BrNO6/c1-8-47-35-18-27(36-37-29(19-40(2,3)21-31(37)44)43(6)30-20-41(4,5)22-32(45)38(30)36)17-28(42)39(35)49-24-26-14-15-33(34(16-26)46-7)48-23-25-12-10-9-11-13-25/h9-18,36H,8,19-24H2,1-7H3. The number of nitrogens with zero attached hydrogens (tertiary/aromatic N) is 1. The Labute approximate surface area is 298 Å². The lowest BCUT2D eigenvalue weighted by molar-refractivity contribution is -0.119. The fraction of sp³-hybridized carbons (Fsp3) is 0.415. The van der Waals surface area contributed by atoms with Gasteiger partial charge in [0, 0.05) is 48.3 Å². The Kier molecular flexibility index (Phi) is 9.73. The maximum Gasteiger partial charge on any atom is 0.175 e. The lowest BCUT2D eigenvalue weighted by Crippen LogP contribution is -2.43. The summed E-state index contributed by atoms with van der Waals surface area (Å²) < 4.78 is 25.0. The van der Waals surface area contributed by atoms with Gasteiger partial charge in [-0.15, -0.1) is 0 Å². The third-order valence-corrected chi connectivity index (χ3v) is 10.3. The molecule has 3 aliphatic rings. The molecule has 8 heteroatoms. The maximum absolute atomic E-state index is 14.0. The average Bonchev–Trinajstić information content (AvgIpc) is 3.04. The van der Waals surface area contributed by atoms with Crippen molar-refractivity contribution in [3.63, 3.8) is 0 Å². The topological polar surface area (TPSA) is 74.3 Å². The highest BCUT2D eigenvalue weighted by molar-refractivity contribution is 9.10. The van der Waals surface area contributed by atoms with Crippen LogP contribution in [0.1, 0.15) is 82.9 Å². The Balaban J connectivity index is 1.33. The van der Waals surface area contributed by atoms with Gasteiger partial charge < -0.3 is 23.8 Å². The first-order valence-corrected chi connectivity index (χ1v) is 17.8. The van der Waals surface area contributed by atoms with E-state index in [-0.39, 0.29) is 29.0 Å². The first-order valence-electron chi connectivity index (χ1n) is 17.0. The third kappa shape index (κ3) is 7.16. The van der Waals surface area contributed by atoms with E-state index in [0.29, 0.717) is 53.5 Å². The van der Waals surface area contributed by atoms with Crippen molar-refractivity contribution in [2.75, 3.05) is 20.8 Å². The van der Waals surface area contributed by atoms with E-state index in [9.17, 15) is 9.59 Å². The van der Waals surface area contributed by atoms with Gasteiger partial charge in [-0.05, 0) is 87.5 Å². The summed E-state index contributed by atoms with van der Waals surface area (Å²) in [6, 6.07) is 19.7. The predicted molar refractivity (Wildman–Crippen MR) is 194 cm³/mol. The monoisotopic (exact) mass is 727 g/mol. The van der Waals surface area contributed by atoms with Crippen molar-refractivity contribution in [3.8, 4) is 23.0 Å². The summed E-state index contributed by atoms with van der Waals surface area (Å²) >= 11 is 3.78. The molecule has 3 aromatic rings. The molecule has 0 bridgehead atoms. The second-order valence-electron chi connectivity index (χ2n) is 14.9. The Morgan fingerprint density at radius 2 is 1.35 bits per heavy atom. The number of carbonyl (C=O) groups excluding carboxylic acids is 2. The SMILES string of the molecule is CCOc1cc(C2C3=C(CC(C)(C)CC3=O)N(C)C3=C2C(=O)CC(C)(C)C3)cc(Br)c1OCc1ccc(OCc2ccccc2)c(OC)c1. The van der Waals surface area contributed by atoms with Gasteiger partial charge >= 0.3 is 0 Å². The van der Waals surface area contributed by atoms with Crippen molar-refractivity contribution in [1.82, 2.24) is 4.90 Å². The Bertz CT molecular complexity index is 1790. The van der Waals surface area contributed by atoms with Crippen LogP contribution in [0.25, 0.3) is 0 Å². The lowest BCUT2D eigenvalue weighted by atomic mass is 9.64. The first kappa shape index (κ1) is 34.8. The molecule has 0 spiro atoms. The number of hydrogen-bond donors (Lipinski definition) is 0. The molecule has 0 unspecified atom stereocenters. The van der Waals surface area contributed by atoms with E-state index < -0.39 is 5.92 Å². The molecule has 1 aliphatic heterocycles. The summed E-state index contributed by atoms with van der Waals surface area (Å²) in [5.41, 5.74) is 6.01. The van der Waals surface area contributed by atoms with E-state index >= 15 is 0 Å². The van der Waals surface area contributed by atoms with E-state index in [1.165, 1.54) is 0 Å². The van der Waals surface area contributed by atoms with Crippen LogP contribution in [0.5, 0.6) is 23.0 Å². The van der Waals surface area contributed by atoms with Crippen molar-refractivity contribution >= 4 is 27.5 Å². The second kappa shape index (κ2) is 13.7. The lowest BCUT2D eigenvalue weighted by Gasteiger charge is -2.48. The summed E-state index contributed by atoms with van der Waals surface area (Å²) in [7, 11) is 3.65. The molecule has 2 aliphatic carbocycles. The minimum absolute atomic E-state index is 0.104. The van der Waals surface area contributed by atoms with Crippen molar-refractivity contribution in [2.45, 2.75) is 79.4 Å². The van der Waals surface area contributed by atoms with Gasteiger partial charge in [-0.2, -0.15) is 0 Å². The number of methoxy groups -OCH3 is 1. The molecular formula is C41H46BrNO6. The zero-order valence-corrected chi connectivity index (χ0v) is 31.2. The van der Waals surface area contributed by atoms with Gasteiger partial charge in [0.2, 0.25) is 0 Å². The molecule has 3 aromatic carbocycles. The van der Waals surface area contributed by atoms with Gasteiger partial charge in [-0.1, -0.05) is 64.1 Å². The van der Waals surface area contributed by atoms with Crippen LogP contribution in [0.15, 0.2) is 87.7 Å². The largest absolute Gasteiger partial charge is 0.493 e. The predicted octanol–water partition coefficient (Wildman–Crippen LogP) is 9.33. The molecular weight excluding hydrogens is 682 g/mol. The second-order valence-corrected chi connectivity index (χ2v) is 15.8. The molecule has 0 saturated carbocycles. The Morgan fingerprint density at radius 3 is 1.94 bits per heavy atom.